The maximum atomic E-state index is 11.9. The van der Waals surface area contributed by atoms with E-state index in [9.17, 15) is 9.59 Å². The van der Waals surface area contributed by atoms with Crippen molar-refractivity contribution in [2.24, 2.45) is 0 Å². The highest BCUT2D eigenvalue weighted by Crippen LogP contribution is 2.20. The molecular weight excluding hydrogens is 300 g/mol. The van der Waals surface area contributed by atoms with Crippen LogP contribution in [-0.4, -0.2) is 23.0 Å². The number of carboxylic acid groups (broad SMARTS) is 1. The van der Waals surface area contributed by atoms with E-state index in [1.54, 1.807) is 18.2 Å². The molecule has 5 nitrogen and oxygen atoms in total. The van der Waals surface area contributed by atoms with Crippen molar-refractivity contribution in [1.82, 2.24) is 5.32 Å². The lowest BCUT2D eigenvalue weighted by Gasteiger charge is -2.13. The molecule has 0 aromatic heterocycles. The first kappa shape index (κ1) is 14.5. The number of nitrogens with two attached hydrogens (primary N) is 1. The Hall–Kier alpha value is -1.56. The minimum Gasteiger partial charge on any atom is -0.480 e. The molecule has 1 aromatic carbocycles. The van der Waals surface area contributed by atoms with Gasteiger partial charge in [-0.1, -0.05) is 13.3 Å². The number of aliphatic carboxylic acids is 1. The molecule has 18 heavy (non-hydrogen) atoms. The summed E-state index contributed by atoms with van der Waals surface area (Å²) in [5.74, 6) is -1.45. The number of nitrogens with one attached hydrogen (secondary N) is 1. The molecule has 0 saturated carbocycles. The van der Waals surface area contributed by atoms with Crippen LogP contribution in [0, 0.1) is 0 Å². The van der Waals surface area contributed by atoms with Gasteiger partial charge in [0.15, 0.2) is 0 Å². The molecule has 1 aromatic rings. The number of hydrogen-bond acceptors (Lipinski definition) is 3. The maximum Gasteiger partial charge on any atom is 0.326 e. The molecule has 0 unspecified atom stereocenters. The van der Waals surface area contributed by atoms with Gasteiger partial charge in [-0.15, -0.1) is 0 Å². The second-order valence-corrected chi connectivity index (χ2v) is 4.74. The van der Waals surface area contributed by atoms with E-state index in [0.717, 1.165) is 0 Å². The molecule has 0 aliphatic heterocycles. The molecular formula is C12H15BrN2O3. The molecule has 0 fully saturated rings. The summed E-state index contributed by atoms with van der Waals surface area (Å²) in [4.78, 5) is 22.8. The summed E-state index contributed by atoms with van der Waals surface area (Å²) in [5, 5.41) is 11.4. The monoisotopic (exact) mass is 314 g/mol. The first-order valence-corrected chi connectivity index (χ1v) is 6.33. The largest absolute Gasteiger partial charge is 0.480 e. The summed E-state index contributed by atoms with van der Waals surface area (Å²) in [6, 6.07) is 3.85. The molecule has 0 heterocycles. The topological polar surface area (TPSA) is 92.4 Å². The average molecular weight is 315 g/mol. The van der Waals surface area contributed by atoms with Crippen LogP contribution in [-0.2, 0) is 4.79 Å². The third-order valence-corrected chi connectivity index (χ3v) is 3.13. The summed E-state index contributed by atoms with van der Waals surface area (Å²) in [6.45, 7) is 1.86. The number of carboxylic acids is 1. The van der Waals surface area contributed by atoms with Crippen LogP contribution >= 0.6 is 15.9 Å². The fourth-order valence-corrected chi connectivity index (χ4v) is 1.83. The van der Waals surface area contributed by atoms with Gasteiger partial charge < -0.3 is 16.2 Å². The summed E-state index contributed by atoms with van der Waals surface area (Å²) < 4.78 is 0.609. The van der Waals surface area contributed by atoms with Gasteiger partial charge in [0.05, 0.1) is 0 Å². The number of halogens is 1. The van der Waals surface area contributed by atoms with Crippen LogP contribution in [0.25, 0.3) is 0 Å². The number of carbonyl (C=O) groups is 2. The summed E-state index contributed by atoms with van der Waals surface area (Å²) >= 11 is 3.22. The SMILES string of the molecule is CCC[C@H](NC(=O)c1ccc(N)c(Br)c1)C(=O)O. The van der Waals surface area contributed by atoms with Crippen molar-refractivity contribution in [3.8, 4) is 0 Å². The zero-order valence-electron chi connectivity index (χ0n) is 9.94. The van der Waals surface area contributed by atoms with E-state index < -0.39 is 17.9 Å². The van der Waals surface area contributed by atoms with Gasteiger partial charge in [-0.3, -0.25) is 4.79 Å². The van der Waals surface area contributed by atoms with Crippen molar-refractivity contribution < 1.29 is 14.7 Å². The van der Waals surface area contributed by atoms with E-state index in [1.165, 1.54) is 0 Å². The Bertz CT molecular complexity index is 463. The van der Waals surface area contributed by atoms with Crippen LogP contribution in [0.1, 0.15) is 30.1 Å². The van der Waals surface area contributed by atoms with E-state index >= 15 is 0 Å². The Kier molecular flexibility index (Phi) is 5.15. The maximum absolute atomic E-state index is 11.9. The normalized spacial score (nSPS) is 11.9. The van der Waals surface area contributed by atoms with Crippen LogP contribution < -0.4 is 11.1 Å². The highest BCUT2D eigenvalue weighted by atomic mass is 79.9. The lowest BCUT2D eigenvalue weighted by Crippen LogP contribution is -2.40. The van der Waals surface area contributed by atoms with Crippen molar-refractivity contribution in [1.29, 1.82) is 0 Å². The first-order chi connectivity index (χ1) is 8.45. The van der Waals surface area contributed by atoms with E-state index in [1.807, 2.05) is 6.92 Å². The summed E-state index contributed by atoms with van der Waals surface area (Å²) in [6.07, 6.45) is 1.08. The first-order valence-electron chi connectivity index (χ1n) is 5.54. The van der Waals surface area contributed by atoms with E-state index in [2.05, 4.69) is 21.2 Å². The molecule has 98 valence electrons. The molecule has 0 saturated heterocycles. The Morgan fingerprint density at radius 1 is 1.50 bits per heavy atom. The molecule has 4 N–H and O–H groups in total. The van der Waals surface area contributed by atoms with Crippen LogP contribution in [0.3, 0.4) is 0 Å². The van der Waals surface area contributed by atoms with Crippen molar-refractivity contribution >= 4 is 33.5 Å². The predicted octanol–water partition coefficient (Wildman–Crippen LogP) is 2.01. The highest BCUT2D eigenvalue weighted by molar-refractivity contribution is 9.10. The number of amides is 1. The summed E-state index contributed by atoms with van der Waals surface area (Å²) in [7, 11) is 0. The Balaban J connectivity index is 2.80. The van der Waals surface area contributed by atoms with Gasteiger partial charge in [-0.25, -0.2) is 4.79 Å². The van der Waals surface area contributed by atoms with Crippen LogP contribution in [0.15, 0.2) is 22.7 Å². The standard InChI is InChI=1S/C12H15BrN2O3/c1-2-3-10(12(17)18)15-11(16)7-4-5-9(14)8(13)6-7/h4-6,10H,2-3,14H2,1H3,(H,15,16)(H,17,18)/t10-/m0/s1. The van der Waals surface area contributed by atoms with E-state index in [-0.39, 0.29) is 0 Å². The van der Waals surface area contributed by atoms with Gasteiger partial charge in [0.1, 0.15) is 6.04 Å². The number of anilines is 1. The van der Waals surface area contributed by atoms with Gasteiger partial charge in [-0.05, 0) is 40.5 Å². The predicted molar refractivity (Wildman–Crippen MR) is 72.4 cm³/mol. The van der Waals surface area contributed by atoms with Crippen LogP contribution in [0.2, 0.25) is 0 Å². The number of rotatable bonds is 5. The Labute approximate surface area is 113 Å². The van der Waals surface area contributed by atoms with Gasteiger partial charge >= 0.3 is 5.97 Å². The zero-order chi connectivity index (χ0) is 13.7. The lowest BCUT2D eigenvalue weighted by molar-refractivity contribution is -0.139. The van der Waals surface area contributed by atoms with Crippen LogP contribution in [0.5, 0.6) is 0 Å². The molecule has 0 aliphatic rings. The minimum absolute atomic E-state index is 0.374. The molecule has 0 aliphatic carbocycles. The molecule has 0 radical (unpaired) electrons. The Morgan fingerprint density at radius 2 is 2.17 bits per heavy atom. The van der Waals surface area contributed by atoms with Gasteiger partial charge in [-0.2, -0.15) is 0 Å². The number of carbonyl (C=O) groups excluding carboxylic acids is 1. The average Bonchev–Trinajstić information content (AvgIpc) is 2.31. The molecule has 0 spiro atoms. The van der Waals surface area contributed by atoms with Crippen molar-refractivity contribution in [3.05, 3.63) is 28.2 Å². The molecule has 1 rings (SSSR count). The quantitative estimate of drug-likeness (QED) is 0.725. The van der Waals surface area contributed by atoms with Gasteiger partial charge in [0.25, 0.3) is 5.91 Å². The third-order valence-electron chi connectivity index (χ3n) is 2.44. The van der Waals surface area contributed by atoms with Crippen molar-refractivity contribution in [2.75, 3.05) is 5.73 Å². The molecule has 1 atom stereocenters. The second kappa shape index (κ2) is 6.39. The van der Waals surface area contributed by atoms with Crippen molar-refractivity contribution in [2.45, 2.75) is 25.8 Å². The third kappa shape index (κ3) is 3.73. The number of nitrogen functional groups attached to an aromatic ring is 1. The molecule has 0 bridgehead atoms. The zero-order valence-corrected chi connectivity index (χ0v) is 11.5. The van der Waals surface area contributed by atoms with Gasteiger partial charge in [0, 0.05) is 15.7 Å². The minimum atomic E-state index is -1.03. The molecule has 6 heteroatoms. The van der Waals surface area contributed by atoms with Crippen LogP contribution in [0.4, 0.5) is 5.69 Å². The smallest absolute Gasteiger partial charge is 0.326 e. The lowest BCUT2D eigenvalue weighted by atomic mass is 10.1. The number of hydrogen-bond donors (Lipinski definition) is 3. The number of benzene rings is 1. The van der Waals surface area contributed by atoms with E-state index in [4.69, 9.17) is 10.8 Å². The van der Waals surface area contributed by atoms with Crippen molar-refractivity contribution in [3.63, 3.8) is 0 Å². The highest BCUT2D eigenvalue weighted by Gasteiger charge is 2.19. The second-order valence-electron chi connectivity index (χ2n) is 3.89. The van der Waals surface area contributed by atoms with E-state index in [0.29, 0.717) is 28.6 Å². The van der Waals surface area contributed by atoms with Gasteiger partial charge in [0.2, 0.25) is 0 Å². The molecule has 1 amide bonds. The summed E-state index contributed by atoms with van der Waals surface area (Å²) in [5.41, 5.74) is 6.51. The fraction of sp³-hybridized carbons (Fsp3) is 0.333. The Morgan fingerprint density at radius 3 is 2.67 bits per heavy atom. The fourth-order valence-electron chi connectivity index (χ4n) is 1.46.